The SMILES string of the molecule is [C]=O.[C]=O.[C]=O.[C]=O.[Mo].c1ccc(P(c2ccccc2)c2ccccc2)cc1.c1ccc(P(c2ccccc2)c2ccccc2)cc1. The zero-order valence-electron chi connectivity index (χ0n) is 25.3. The van der Waals surface area contributed by atoms with E-state index in [1.54, 1.807) is 0 Å². The average Bonchev–Trinajstić information content (AvgIpc) is 3.18. The maximum absolute atomic E-state index is 7.50. The molecule has 6 rings (SSSR count). The summed E-state index contributed by atoms with van der Waals surface area (Å²) in [7, 11) is -0.892. The molecule has 0 spiro atoms. The Hall–Kier alpha value is -4.45. The third-order valence-corrected chi connectivity index (χ3v) is 11.0. The maximum atomic E-state index is 7.50. The molecule has 0 saturated carbocycles. The van der Waals surface area contributed by atoms with Crippen LogP contribution in [0.3, 0.4) is 0 Å². The van der Waals surface area contributed by atoms with E-state index in [1.807, 2.05) is 0 Å². The second-order valence-electron chi connectivity index (χ2n) is 8.68. The molecule has 0 fully saturated rings. The van der Waals surface area contributed by atoms with Crippen molar-refractivity contribution in [2.24, 2.45) is 0 Å². The van der Waals surface area contributed by atoms with Crippen LogP contribution in [-0.4, -0.2) is 27.2 Å². The van der Waals surface area contributed by atoms with Crippen LogP contribution in [0, 0.1) is 0 Å². The molecule has 6 aromatic carbocycles. The largest absolute Gasteiger partial charge is 0.281 e. The fourth-order valence-electron chi connectivity index (χ4n) is 4.36. The van der Waals surface area contributed by atoms with E-state index >= 15 is 0 Å². The van der Waals surface area contributed by atoms with Crippen LogP contribution in [0.4, 0.5) is 0 Å². The van der Waals surface area contributed by atoms with Crippen LogP contribution in [-0.2, 0) is 40.2 Å². The molecule has 0 saturated heterocycles. The summed E-state index contributed by atoms with van der Waals surface area (Å²) in [5.74, 6) is 0. The third-order valence-electron chi connectivity index (χ3n) is 6.09. The molecule has 47 heavy (non-hydrogen) atoms. The molecule has 0 aliphatic heterocycles. The maximum Gasteiger partial charge on any atom is 0.281 e. The van der Waals surface area contributed by atoms with Gasteiger partial charge in [0.05, 0.1) is 0 Å². The Morgan fingerprint density at radius 1 is 0.234 bits per heavy atom. The fourth-order valence-corrected chi connectivity index (χ4v) is 8.97. The topological polar surface area (TPSA) is 68.3 Å². The minimum Gasteiger partial charge on any atom is -0.281 e. The van der Waals surface area contributed by atoms with Gasteiger partial charge in [0, 0.05) is 21.1 Å². The predicted molar refractivity (Wildman–Crippen MR) is 193 cm³/mol. The molecule has 0 aromatic heterocycles. The van der Waals surface area contributed by atoms with Crippen molar-refractivity contribution in [3.63, 3.8) is 0 Å². The number of carbonyl (C=O) groups excluding carboxylic acids is 4. The minimum atomic E-state index is -0.446. The van der Waals surface area contributed by atoms with Gasteiger partial charge in [0.2, 0.25) is 0 Å². The van der Waals surface area contributed by atoms with Crippen molar-refractivity contribution in [1.82, 2.24) is 0 Å². The van der Waals surface area contributed by atoms with Gasteiger partial charge in [0.25, 0.3) is 27.2 Å². The van der Waals surface area contributed by atoms with Crippen LogP contribution in [0.5, 0.6) is 0 Å². The zero-order chi connectivity index (χ0) is 33.8. The van der Waals surface area contributed by atoms with Crippen molar-refractivity contribution in [3.05, 3.63) is 182 Å². The van der Waals surface area contributed by atoms with Crippen molar-refractivity contribution >= 4 is 74.8 Å². The van der Waals surface area contributed by atoms with Gasteiger partial charge >= 0.3 is 0 Å². The summed E-state index contributed by atoms with van der Waals surface area (Å²) in [5.41, 5.74) is 0. The number of rotatable bonds is 6. The first-order valence-electron chi connectivity index (χ1n) is 13.6. The molecular formula is C40H30MoO4P2. The van der Waals surface area contributed by atoms with Gasteiger partial charge in [-0.15, -0.1) is 0 Å². The van der Waals surface area contributed by atoms with Crippen LogP contribution >= 0.6 is 15.8 Å². The van der Waals surface area contributed by atoms with E-state index < -0.39 is 15.8 Å². The van der Waals surface area contributed by atoms with E-state index in [9.17, 15) is 0 Å². The van der Waals surface area contributed by atoms with E-state index in [2.05, 4.69) is 209 Å². The Labute approximate surface area is 295 Å². The molecule has 8 radical (unpaired) electrons. The normalized spacial score (nSPS) is 8.89. The van der Waals surface area contributed by atoms with E-state index in [1.165, 1.54) is 31.8 Å². The minimum absolute atomic E-state index is 0. The summed E-state index contributed by atoms with van der Waals surface area (Å²) < 4.78 is 0. The second-order valence-corrected chi connectivity index (χ2v) is 13.1. The molecule has 4 nitrogen and oxygen atoms in total. The molecule has 230 valence electrons. The standard InChI is InChI=1S/2C18H15P.4CO.Mo/c2*1-4-10-16(11-5-1)19(17-12-6-2-7-13-17)18-14-8-3-9-15-18;4*1-2;/h2*1-15H;;;;;. The van der Waals surface area contributed by atoms with Crippen LogP contribution in [0.1, 0.15) is 0 Å². The molecular weight excluding hydrogens is 702 g/mol. The Morgan fingerprint density at radius 3 is 0.447 bits per heavy atom. The first kappa shape index (κ1) is 42.5. The van der Waals surface area contributed by atoms with Gasteiger partial charge in [-0.25, -0.2) is 0 Å². The van der Waals surface area contributed by atoms with Crippen LogP contribution < -0.4 is 31.8 Å². The molecule has 0 N–H and O–H groups in total. The first-order valence-corrected chi connectivity index (χ1v) is 16.3. The number of hydrogen-bond donors (Lipinski definition) is 0. The Bertz CT molecular complexity index is 1250. The van der Waals surface area contributed by atoms with E-state index in [-0.39, 0.29) is 21.1 Å². The van der Waals surface area contributed by atoms with Crippen molar-refractivity contribution in [3.8, 4) is 0 Å². The van der Waals surface area contributed by atoms with Crippen molar-refractivity contribution < 1.29 is 40.2 Å². The molecule has 0 aliphatic rings. The molecule has 7 heteroatoms. The smallest absolute Gasteiger partial charge is 0.281 e. The van der Waals surface area contributed by atoms with Gasteiger partial charge in [-0.3, -0.25) is 19.2 Å². The van der Waals surface area contributed by atoms with Crippen molar-refractivity contribution in [2.75, 3.05) is 0 Å². The molecule has 0 amide bonds. The van der Waals surface area contributed by atoms with Gasteiger partial charge < -0.3 is 0 Å². The predicted octanol–water partition coefficient (Wildman–Crippen LogP) is 5.30. The zero-order valence-corrected chi connectivity index (χ0v) is 29.1. The monoisotopic (exact) mass is 734 g/mol. The summed E-state index contributed by atoms with van der Waals surface area (Å²) in [4.78, 5) is 30.0. The summed E-state index contributed by atoms with van der Waals surface area (Å²) in [6, 6.07) is 64.7. The van der Waals surface area contributed by atoms with Crippen molar-refractivity contribution in [2.45, 2.75) is 0 Å². The average molecular weight is 733 g/mol. The van der Waals surface area contributed by atoms with E-state index in [0.717, 1.165) is 0 Å². The molecule has 0 bridgehead atoms. The Balaban J connectivity index is 0.000000731. The van der Waals surface area contributed by atoms with Crippen LogP contribution in [0.25, 0.3) is 0 Å². The van der Waals surface area contributed by atoms with Crippen molar-refractivity contribution in [1.29, 1.82) is 0 Å². The fraction of sp³-hybridized carbons (Fsp3) is 0. The van der Waals surface area contributed by atoms with Crippen LogP contribution in [0.2, 0.25) is 0 Å². The quantitative estimate of drug-likeness (QED) is 0.172. The van der Waals surface area contributed by atoms with Gasteiger partial charge in [0.15, 0.2) is 0 Å². The molecule has 0 unspecified atom stereocenters. The van der Waals surface area contributed by atoms with Gasteiger partial charge in [0.1, 0.15) is 0 Å². The van der Waals surface area contributed by atoms with Gasteiger partial charge in [-0.1, -0.05) is 182 Å². The summed E-state index contributed by atoms with van der Waals surface area (Å²) in [6.07, 6.45) is 0. The van der Waals surface area contributed by atoms with E-state index in [0.29, 0.717) is 0 Å². The third kappa shape index (κ3) is 14.2. The summed E-state index contributed by atoms with van der Waals surface area (Å²) in [6.45, 7) is 18.0. The molecule has 0 heterocycles. The summed E-state index contributed by atoms with van der Waals surface area (Å²) in [5, 5.41) is 8.39. The molecule has 0 atom stereocenters. The second kappa shape index (κ2) is 27.8. The summed E-state index contributed by atoms with van der Waals surface area (Å²) >= 11 is 0. The van der Waals surface area contributed by atoms with Gasteiger partial charge in [-0.05, 0) is 47.7 Å². The number of benzene rings is 6. The Kier molecular flexibility index (Phi) is 25.2. The molecule has 6 aromatic rings. The van der Waals surface area contributed by atoms with Gasteiger partial charge in [-0.2, -0.15) is 0 Å². The Morgan fingerprint density at radius 2 is 0.340 bits per heavy atom. The molecule has 0 aliphatic carbocycles. The first-order chi connectivity index (χ1) is 22.9. The number of hydrogen-bond acceptors (Lipinski definition) is 4. The van der Waals surface area contributed by atoms with Crippen LogP contribution in [0.15, 0.2) is 182 Å². The van der Waals surface area contributed by atoms with E-state index in [4.69, 9.17) is 19.2 Å².